The maximum atomic E-state index is 13.3. The molecule has 0 spiro atoms. The van der Waals surface area contributed by atoms with Crippen LogP contribution in [0.3, 0.4) is 0 Å². The van der Waals surface area contributed by atoms with Crippen LogP contribution in [-0.2, 0) is 24.7 Å². The van der Waals surface area contributed by atoms with Gasteiger partial charge in [-0.3, -0.25) is 0 Å². The Balaban J connectivity index is 2.90. The van der Waals surface area contributed by atoms with E-state index in [1.165, 1.54) is 11.8 Å². The normalized spacial score (nSPS) is 13.0. The first-order valence-electron chi connectivity index (χ1n) is 7.92. The van der Waals surface area contributed by atoms with Crippen LogP contribution in [0, 0.1) is 11.8 Å². The fourth-order valence-corrected chi connectivity index (χ4v) is 2.78. The van der Waals surface area contributed by atoms with Crippen LogP contribution in [0.25, 0.3) is 0 Å². The maximum absolute atomic E-state index is 13.3. The summed E-state index contributed by atoms with van der Waals surface area (Å²) < 4.78 is 159. The Morgan fingerprint density at radius 3 is 0.906 bits per heavy atom. The van der Waals surface area contributed by atoms with Gasteiger partial charge in [0.1, 0.15) is 0 Å². The number of halogens is 12. The molecule has 2 aromatic carbocycles. The number of nitrogens with two attached hydrogens (primary N) is 2. The van der Waals surface area contributed by atoms with Gasteiger partial charge in [0.05, 0.1) is 22.3 Å². The van der Waals surface area contributed by atoms with Crippen molar-refractivity contribution in [2.75, 3.05) is 11.5 Å². The van der Waals surface area contributed by atoms with Crippen molar-refractivity contribution in [2.24, 2.45) is 0 Å². The second-order valence-electron chi connectivity index (χ2n) is 6.15. The second-order valence-corrected chi connectivity index (χ2v) is 6.15. The van der Waals surface area contributed by atoms with Crippen LogP contribution in [0.5, 0.6) is 0 Å². The highest BCUT2D eigenvalue weighted by Crippen LogP contribution is 2.46. The van der Waals surface area contributed by atoms with Crippen molar-refractivity contribution in [2.45, 2.75) is 24.7 Å². The van der Waals surface area contributed by atoms with Crippen molar-refractivity contribution in [1.29, 1.82) is 0 Å². The third kappa shape index (κ3) is 4.97. The minimum atomic E-state index is -5.70. The third-order valence-corrected chi connectivity index (χ3v) is 3.94. The fraction of sp³-hybridized carbons (Fsp3) is 0.222. The molecule has 0 amide bonds. The minimum Gasteiger partial charge on any atom is -0.398 e. The molecule has 4 N–H and O–H groups in total. The largest absolute Gasteiger partial charge is 0.419 e. The van der Waals surface area contributed by atoms with E-state index in [0.717, 1.165) is 0 Å². The standard InChI is InChI=1S/C18H8F12N2/c19-15(20,21)11-7(3-5-9(31)13(11)17(25,26)27)1-2-8-4-6-10(32)14(18(28,29)30)12(8)16(22,23)24/h3-6H,31-32H2. The number of rotatable bonds is 0. The van der Waals surface area contributed by atoms with Gasteiger partial charge in [0.15, 0.2) is 0 Å². The topological polar surface area (TPSA) is 52.0 Å². The first-order valence-corrected chi connectivity index (χ1v) is 7.92. The highest BCUT2D eigenvalue weighted by Gasteiger charge is 2.47. The lowest BCUT2D eigenvalue weighted by Gasteiger charge is -2.19. The van der Waals surface area contributed by atoms with E-state index in [0.29, 0.717) is 24.3 Å². The Morgan fingerprint density at radius 1 is 0.438 bits per heavy atom. The molecule has 0 atom stereocenters. The van der Waals surface area contributed by atoms with Crippen molar-refractivity contribution in [3.63, 3.8) is 0 Å². The molecule has 2 rings (SSSR count). The molecular formula is C18H8F12N2. The van der Waals surface area contributed by atoms with Crippen LogP contribution in [-0.4, -0.2) is 0 Å². The van der Waals surface area contributed by atoms with E-state index in [-0.39, 0.29) is 0 Å². The Bertz CT molecular complexity index is 1010. The zero-order valence-corrected chi connectivity index (χ0v) is 15.0. The lowest BCUT2D eigenvalue weighted by atomic mass is 9.96. The average molecular weight is 480 g/mol. The molecule has 2 aromatic rings. The van der Waals surface area contributed by atoms with E-state index >= 15 is 0 Å². The van der Waals surface area contributed by atoms with E-state index in [4.69, 9.17) is 11.5 Å². The molecule has 174 valence electrons. The van der Waals surface area contributed by atoms with Crippen LogP contribution >= 0.6 is 0 Å². The zero-order valence-electron chi connectivity index (χ0n) is 15.0. The molecule has 0 saturated heterocycles. The van der Waals surface area contributed by atoms with Gasteiger partial charge in [-0.25, -0.2) is 0 Å². The van der Waals surface area contributed by atoms with E-state index in [1.807, 2.05) is 0 Å². The van der Waals surface area contributed by atoms with Gasteiger partial charge in [-0.1, -0.05) is 11.8 Å². The lowest BCUT2D eigenvalue weighted by Crippen LogP contribution is -2.21. The molecule has 0 unspecified atom stereocenters. The molecule has 14 heteroatoms. The van der Waals surface area contributed by atoms with Gasteiger partial charge in [-0.05, 0) is 24.3 Å². The monoisotopic (exact) mass is 480 g/mol. The molecule has 0 aromatic heterocycles. The zero-order chi connectivity index (χ0) is 24.9. The SMILES string of the molecule is Nc1ccc(C#Cc2ccc(N)c(C(F)(F)F)c2C(F)(F)F)c(C(F)(F)F)c1C(F)(F)F. The van der Waals surface area contributed by atoms with Crippen molar-refractivity contribution in [3.8, 4) is 11.8 Å². The summed E-state index contributed by atoms with van der Waals surface area (Å²) in [7, 11) is 0. The van der Waals surface area contributed by atoms with Crippen LogP contribution < -0.4 is 11.5 Å². The molecule has 2 nitrogen and oxygen atoms in total. The summed E-state index contributed by atoms with van der Waals surface area (Å²) >= 11 is 0. The predicted octanol–water partition coefficient (Wildman–Crippen LogP) is 6.33. The number of alkyl halides is 12. The smallest absolute Gasteiger partial charge is 0.398 e. The number of nitrogen functional groups attached to an aromatic ring is 2. The Labute approximate surface area is 170 Å². The van der Waals surface area contributed by atoms with Gasteiger partial charge in [-0.15, -0.1) is 0 Å². The molecule has 0 aliphatic heterocycles. The quantitative estimate of drug-likeness (QED) is 0.263. The summed E-state index contributed by atoms with van der Waals surface area (Å²) in [5, 5.41) is 0. The molecule has 0 heterocycles. The third-order valence-electron chi connectivity index (χ3n) is 3.94. The summed E-state index contributed by atoms with van der Waals surface area (Å²) in [6.45, 7) is 0. The summed E-state index contributed by atoms with van der Waals surface area (Å²) in [5.41, 5.74) is -5.03. The van der Waals surface area contributed by atoms with E-state index in [1.54, 1.807) is 0 Å². The summed E-state index contributed by atoms with van der Waals surface area (Å²) in [5.74, 6) is 2.91. The van der Waals surface area contributed by atoms with Crippen molar-refractivity contribution < 1.29 is 52.7 Å². The molecule has 0 radical (unpaired) electrons. The molecular weight excluding hydrogens is 472 g/mol. The molecule has 0 saturated carbocycles. The van der Waals surface area contributed by atoms with Crippen molar-refractivity contribution >= 4 is 11.4 Å². The Hall–Kier alpha value is -3.24. The average Bonchev–Trinajstić information content (AvgIpc) is 2.57. The van der Waals surface area contributed by atoms with Crippen LogP contribution in [0.15, 0.2) is 24.3 Å². The summed E-state index contributed by atoms with van der Waals surface area (Å²) in [6, 6.07) is 1.49. The fourth-order valence-electron chi connectivity index (χ4n) is 2.78. The van der Waals surface area contributed by atoms with Gasteiger partial charge in [-0.2, -0.15) is 52.7 Å². The Morgan fingerprint density at radius 2 is 0.688 bits per heavy atom. The molecule has 0 fully saturated rings. The lowest BCUT2D eigenvalue weighted by molar-refractivity contribution is -0.161. The summed E-state index contributed by atoms with van der Waals surface area (Å²) in [6.07, 6.45) is -22.6. The minimum absolute atomic E-state index is 0.357. The molecule has 32 heavy (non-hydrogen) atoms. The van der Waals surface area contributed by atoms with E-state index < -0.39 is 69.5 Å². The van der Waals surface area contributed by atoms with Crippen LogP contribution in [0.2, 0.25) is 0 Å². The van der Waals surface area contributed by atoms with Gasteiger partial charge in [0.2, 0.25) is 0 Å². The summed E-state index contributed by atoms with van der Waals surface area (Å²) in [4.78, 5) is 0. The van der Waals surface area contributed by atoms with Crippen LogP contribution in [0.1, 0.15) is 33.4 Å². The first kappa shape index (κ1) is 25.0. The second kappa shape index (κ2) is 7.72. The molecule has 0 aliphatic rings. The molecule has 0 bridgehead atoms. The van der Waals surface area contributed by atoms with Gasteiger partial charge >= 0.3 is 24.7 Å². The maximum Gasteiger partial charge on any atom is 0.419 e. The number of anilines is 2. The Kier molecular flexibility index (Phi) is 6.03. The van der Waals surface area contributed by atoms with Gasteiger partial charge in [0.25, 0.3) is 0 Å². The van der Waals surface area contributed by atoms with Crippen molar-refractivity contribution in [1.82, 2.24) is 0 Å². The number of hydrogen-bond acceptors (Lipinski definition) is 2. The van der Waals surface area contributed by atoms with E-state index in [2.05, 4.69) is 0 Å². The van der Waals surface area contributed by atoms with Crippen molar-refractivity contribution in [3.05, 3.63) is 57.6 Å². The highest BCUT2D eigenvalue weighted by atomic mass is 19.4. The predicted molar refractivity (Wildman–Crippen MR) is 87.7 cm³/mol. The van der Waals surface area contributed by atoms with E-state index in [9.17, 15) is 52.7 Å². The van der Waals surface area contributed by atoms with Crippen LogP contribution in [0.4, 0.5) is 64.1 Å². The first-order chi connectivity index (χ1) is 14.3. The van der Waals surface area contributed by atoms with Gasteiger partial charge in [0, 0.05) is 22.5 Å². The molecule has 0 aliphatic carbocycles. The van der Waals surface area contributed by atoms with Gasteiger partial charge < -0.3 is 11.5 Å². The number of benzene rings is 2. The highest BCUT2D eigenvalue weighted by molar-refractivity contribution is 5.64. The number of hydrogen-bond donors (Lipinski definition) is 2.